The Balaban J connectivity index is 1.46. The molecule has 5 fully saturated rings. The minimum atomic E-state index is -0.869. The lowest BCUT2D eigenvalue weighted by atomic mass is 9.58. The largest absolute Gasteiger partial charge is 0.464 e. The van der Waals surface area contributed by atoms with Crippen molar-refractivity contribution in [1.82, 2.24) is 0 Å². The molecule has 0 aromatic heterocycles. The number of esters is 1. The van der Waals surface area contributed by atoms with Gasteiger partial charge in [0.15, 0.2) is 24.3 Å². The fourth-order valence-electron chi connectivity index (χ4n) is 6.28. The van der Waals surface area contributed by atoms with E-state index < -0.39 is 36.0 Å². The van der Waals surface area contributed by atoms with Gasteiger partial charge in [-0.15, -0.1) is 0 Å². The highest BCUT2D eigenvalue weighted by atomic mass is 17.3. The first-order valence-corrected chi connectivity index (χ1v) is 11.9. The minimum absolute atomic E-state index is 0.0171. The molecule has 0 N–H and O–H groups in total. The zero-order valence-corrected chi connectivity index (χ0v) is 19.3. The average molecular weight is 447 g/mol. The number of fused-ring (bicyclic) bond motifs is 2. The summed E-state index contributed by atoms with van der Waals surface area (Å²) in [6.07, 6.45) is 1.70. The minimum Gasteiger partial charge on any atom is -0.464 e. The van der Waals surface area contributed by atoms with Crippen LogP contribution in [-0.2, 0) is 33.5 Å². The van der Waals surface area contributed by atoms with Gasteiger partial charge < -0.3 is 18.9 Å². The maximum absolute atomic E-state index is 12.8. The molecule has 7 heteroatoms. The molecule has 176 valence electrons. The fourth-order valence-corrected chi connectivity index (χ4v) is 6.28. The lowest BCUT2D eigenvalue weighted by Crippen LogP contribution is -2.70. The fraction of sp³-hybridized carbons (Fsp3) is 0.720. The second kappa shape index (κ2) is 8.37. The monoisotopic (exact) mass is 446 g/mol. The van der Waals surface area contributed by atoms with Crippen molar-refractivity contribution in [2.45, 2.75) is 83.5 Å². The summed E-state index contributed by atoms with van der Waals surface area (Å²) in [7, 11) is 0. The van der Waals surface area contributed by atoms with Crippen molar-refractivity contribution >= 4 is 5.97 Å². The number of hydrogen-bond acceptors (Lipinski definition) is 7. The van der Waals surface area contributed by atoms with E-state index in [0.29, 0.717) is 5.92 Å². The number of carbonyl (C=O) groups excluding carboxylic acids is 1. The third-order valence-electron chi connectivity index (χ3n) is 7.97. The normalized spacial score (nSPS) is 43.8. The van der Waals surface area contributed by atoms with Gasteiger partial charge in [0.25, 0.3) is 0 Å². The summed E-state index contributed by atoms with van der Waals surface area (Å²) < 4.78 is 24.6. The Labute approximate surface area is 189 Å². The predicted molar refractivity (Wildman–Crippen MR) is 114 cm³/mol. The topological polar surface area (TPSA) is 72.5 Å². The molecule has 1 spiro atoms. The molecule has 2 bridgehead atoms. The van der Waals surface area contributed by atoms with Gasteiger partial charge in [-0.1, -0.05) is 44.2 Å². The van der Waals surface area contributed by atoms with Crippen LogP contribution in [-0.4, -0.2) is 36.5 Å². The Morgan fingerprint density at radius 3 is 2.66 bits per heavy atom. The zero-order valence-electron chi connectivity index (χ0n) is 19.3. The molecule has 4 saturated heterocycles. The molecule has 1 aromatic carbocycles. The summed E-state index contributed by atoms with van der Waals surface area (Å²) >= 11 is 0. The van der Waals surface area contributed by atoms with Gasteiger partial charge in [-0.05, 0) is 50.5 Å². The van der Waals surface area contributed by atoms with Crippen LogP contribution in [0.15, 0.2) is 30.3 Å². The molecule has 4 heterocycles. The number of ether oxygens (including phenoxy) is 4. The van der Waals surface area contributed by atoms with Gasteiger partial charge in [0.2, 0.25) is 5.79 Å². The number of rotatable bonds is 5. The van der Waals surface area contributed by atoms with Crippen molar-refractivity contribution in [2.24, 2.45) is 23.7 Å². The van der Waals surface area contributed by atoms with Crippen LogP contribution in [0.4, 0.5) is 0 Å². The number of carbonyl (C=O) groups is 1. The van der Waals surface area contributed by atoms with E-state index in [1.54, 1.807) is 6.92 Å². The second-order valence-corrected chi connectivity index (χ2v) is 9.95. The van der Waals surface area contributed by atoms with Crippen molar-refractivity contribution in [3.63, 3.8) is 0 Å². The van der Waals surface area contributed by atoms with Crippen molar-refractivity contribution in [2.75, 3.05) is 6.61 Å². The van der Waals surface area contributed by atoms with E-state index in [1.807, 2.05) is 37.3 Å². The Morgan fingerprint density at radius 1 is 1.12 bits per heavy atom. The lowest BCUT2D eigenvalue weighted by molar-refractivity contribution is -0.578. The first kappa shape index (κ1) is 22.3. The van der Waals surface area contributed by atoms with Gasteiger partial charge in [-0.2, -0.15) is 0 Å². The summed E-state index contributed by atoms with van der Waals surface area (Å²) in [6, 6.07) is 9.43. The maximum atomic E-state index is 12.8. The van der Waals surface area contributed by atoms with Crippen LogP contribution in [0.1, 0.15) is 65.0 Å². The number of benzene rings is 1. The summed E-state index contributed by atoms with van der Waals surface area (Å²) in [5.41, 5.74) is 0.0890. The van der Waals surface area contributed by atoms with Crippen LogP contribution in [0.3, 0.4) is 0 Å². The summed E-state index contributed by atoms with van der Waals surface area (Å²) in [6.45, 7) is 8.38. The Kier molecular flexibility index (Phi) is 5.83. The van der Waals surface area contributed by atoms with Crippen LogP contribution >= 0.6 is 0 Å². The lowest BCUT2D eigenvalue weighted by Gasteiger charge is -2.60. The number of hydrogen-bond donors (Lipinski definition) is 0. The molecule has 7 nitrogen and oxygen atoms in total. The van der Waals surface area contributed by atoms with E-state index >= 15 is 0 Å². The van der Waals surface area contributed by atoms with Gasteiger partial charge in [0, 0.05) is 18.3 Å². The van der Waals surface area contributed by atoms with Gasteiger partial charge >= 0.3 is 5.97 Å². The molecule has 1 unspecified atom stereocenters. The molecule has 1 saturated carbocycles. The SMILES string of the molecule is CCOC(=O)[C@H](O[C@H]1O[C@@H]2O[C@]3(C)CC[C@H]4[C@H](C)CCC([C@H]1C)[C@@]24OO3)c1ccccc1. The van der Waals surface area contributed by atoms with E-state index in [4.69, 9.17) is 28.7 Å². The molecule has 4 aliphatic heterocycles. The van der Waals surface area contributed by atoms with Crippen LogP contribution in [0.5, 0.6) is 0 Å². The molecular weight excluding hydrogens is 412 g/mol. The molecule has 32 heavy (non-hydrogen) atoms. The molecular formula is C25H34O7. The van der Waals surface area contributed by atoms with Gasteiger partial charge in [0.05, 0.1) is 6.61 Å². The summed E-state index contributed by atoms with van der Waals surface area (Å²) in [4.78, 5) is 24.9. The zero-order chi connectivity index (χ0) is 22.5. The van der Waals surface area contributed by atoms with Crippen LogP contribution in [0.25, 0.3) is 0 Å². The summed E-state index contributed by atoms with van der Waals surface area (Å²) in [5, 5.41) is 0. The summed E-state index contributed by atoms with van der Waals surface area (Å²) in [5.74, 6) is -0.368. The molecule has 5 aliphatic rings. The van der Waals surface area contributed by atoms with Crippen LogP contribution in [0, 0.1) is 23.7 Å². The third kappa shape index (κ3) is 3.49. The smallest absolute Gasteiger partial charge is 0.340 e. The van der Waals surface area contributed by atoms with Crippen LogP contribution in [0.2, 0.25) is 0 Å². The van der Waals surface area contributed by atoms with E-state index in [1.165, 1.54) is 0 Å². The third-order valence-corrected chi connectivity index (χ3v) is 7.97. The van der Waals surface area contributed by atoms with Crippen molar-refractivity contribution < 1.29 is 33.5 Å². The van der Waals surface area contributed by atoms with Crippen molar-refractivity contribution in [1.29, 1.82) is 0 Å². The Bertz CT molecular complexity index is 831. The maximum Gasteiger partial charge on any atom is 0.340 e. The molecule has 0 radical (unpaired) electrons. The molecule has 6 rings (SSSR count). The van der Waals surface area contributed by atoms with Crippen molar-refractivity contribution in [3.05, 3.63) is 35.9 Å². The van der Waals surface area contributed by atoms with Gasteiger partial charge in [0.1, 0.15) is 0 Å². The Hall–Kier alpha value is -1.51. The van der Waals surface area contributed by atoms with Gasteiger partial charge in [-0.3, -0.25) is 0 Å². The van der Waals surface area contributed by atoms with E-state index in [2.05, 4.69) is 13.8 Å². The first-order valence-electron chi connectivity index (χ1n) is 11.9. The van der Waals surface area contributed by atoms with E-state index in [9.17, 15) is 4.79 Å². The predicted octanol–water partition coefficient (Wildman–Crippen LogP) is 4.52. The van der Waals surface area contributed by atoms with Gasteiger partial charge in [-0.25, -0.2) is 14.6 Å². The van der Waals surface area contributed by atoms with E-state index in [0.717, 1.165) is 31.2 Å². The highest BCUT2D eigenvalue weighted by Gasteiger charge is 2.69. The molecule has 0 amide bonds. The standard InChI is InChI=1S/C25H34O7/c1-5-27-21(26)20(17-9-7-6-8-10-17)28-22-16(3)19-12-11-15(2)18-13-14-24(4)30-23(29-22)25(18,19)32-31-24/h6-10,15-16,18-20,22-23H,5,11-14H2,1-4H3/t15-,16-,18+,19?,20-,22+,23-,24+,25-/m1/s1. The molecule has 1 aliphatic carbocycles. The van der Waals surface area contributed by atoms with Crippen molar-refractivity contribution in [3.8, 4) is 0 Å². The molecule has 9 atom stereocenters. The molecule has 1 aromatic rings. The van der Waals surface area contributed by atoms with Crippen LogP contribution < -0.4 is 0 Å². The highest BCUT2D eigenvalue weighted by molar-refractivity contribution is 5.76. The quantitative estimate of drug-likeness (QED) is 0.486. The first-order chi connectivity index (χ1) is 15.4. The second-order valence-electron chi connectivity index (χ2n) is 9.95. The van der Waals surface area contributed by atoms with E-state index in [-0.39, 0.29) is 24.4 Å². The average Bonchev–Trinajstić information content (AvgIpc) is 3.02. The Morgan fingerprint density at radius 2 is 1.91 bits per heavy atom. The highest BCUT2D eigenvalue weighted by Crippen LogP contribution is 2.60.